The molecular formula is C25H36N8O2. The van der Waals surface area contributed by atoms with Crippen molar-refractivity contribution in [3.63, 3.8) is 0 Å². The van der Waals surface area contributed by atoms with Gasteiger partial charge in [0.15, 0.2) is 5.65 Å². The van der Waals surface area contributed by atoms with Crippen LogP contribution in [0.3, 0.4) is 0 Å². The van der Waals surface area contributed by atoms with Crippen LogP contribution in [0.15, 0.2) is 30.7 Å². The number of fused-ring (bicyclic) bond motifs is 1. The zero-order chi connectivity index (χ0) is 24.8. The summed E-state index contributed by atoms with van der Waals surface area (Å²) in [5, 5.41) is 14.5. The molecule has 3 N–H and O–H groups in total. The second kappa shape index (κ2) is 10.9. The number of rotatable bonds is 8. The van der Waals surface area contributed by atoms with E-state index < -0.39 is 5.60 Å². The molecule has 4 rings (SSSR count). The fourth-order valence-corrected chi connectivity index (χ4v) is 4.14. The summed E-state index contributed by atoms with van der Waals surface area (Å²) in [6.07, 6.45) is 10.9. The van der Waals surface area contributed by atoms with Crippen LogP contribution in [0.4, 0.5) is 16.6 Å². The van der Waals surface area contributed by atoms with Gasteiger partial charge >= 0.3 is 6.09 Å². The fourth-order valence-electron chi connectivity index (χ4n) is 4.14. The van der Waals surface area contributed by atoms with Gasteiger partial charge < -0.3 is 20.7 Å². The maximum absolute atomic E-state index is 12.0. The van der Waals surface area contributed by atoms with Gasteiger partial charge in [-0.05, 0) is 65.0 Å². The van der Waals surface area contributed by atoms with Gasteiger partial charge in [0.2, 0.25) is 5.95 Å². The van der Waals surface area contributed by atoms with Crippen LogP contribution < -0.4 is 16.0 Å². The van der Waals surface area contributed by atoms with E-state index in [0.717, 1.165) is 67.8 Å². The first-order chi connectivity index (χ1) is 16.8. The molecule has 0 bridgehead atoms. The zero-order valence-electron chi connectivity index (χ0n) is 21.0. The molecule has 0 atom stereocenters. The number of ether oxygens (including phenoxy) is 1. The fraction of sp³-hybridized carbons (Fsp3) is 0.560. The number of anilines is 2. The highest BCUT2D eigenvalue weighted by Crippen LogP contribution is 2.24. The molecule has 0 radical (unpaired) electrons. The van der Waals surface area contributed by atoms with Crippen molar-refractivity contribution >= 4 is 23.5 Å². The molecule has 0 aromatic carbocycles. The summed E-state index contributed by atoms with van der Waals surface area (Å²) in [5.74, 6) is 1.42. The lowest BCUT2D eigenvalue weighted by Gasteiger charge is -2.30. The van der Waals surface area contributed by atoms with Crippen molar-refractivity contribution in [1.29, 1.82) is 0 Å². The molecule has 10 nitrogen and oxygen atoms in total. The van der Waals surface area contributed by atoms with E-state index in [-0.39, 0.29) is 12.1 Å². The van der Waals surface area contributed by atoms with E-state index >= 15 is 0 Å². The third-order valence-electron chi connectivity index (χ3n) is 5.92. The molecule has 1 amide bonds. The standard InChI is InChI=1S/C25H36N8O2/c1-5-6-13-26-23-28-14-17(15-29-23)20-16-27-22-12-11-21(32-33(20)22)30-18-7-9-19(10-8-18)31-24(34)35-25(2,3)4/h11-12,14-16,18-19H,5-10,13H2,1-4H3,(H,30,32)(H,31,34)(H,26,28,29). The lowest BCUT2D eigenvalue weighted by atomic mass is 9.91. The number of imidazole rings is 1. The van der Waals surface area contributed by atoms with Gasteiger partial charge in [0.25, 0.3) is 0 Å². The summed E-state index contributed by atoms with van der Waals surface area (Å²) < 4.78 is 7.20. The van der Waals surface area contributed by atoms with Crippen molar-refractivity contribution in [3.8, 4) is 11.3 Å². The third kappa shape index (κ3) is 6.80. The first kappa shape index (κ1) is 24.7. The highest BCUT2D eigenvalue weighted by molar-refractivity contribution is 5.68. The first-order valence-corrected chi connectivity index (χ1v) is 12.5. The van der Waals surface area contributed by atoms with E-state index in [1.807, 2.05) is 37.4 Å². The number of nitrogens with zero attached hydrogens (tertiary/aromatic N) is 5. The van der Waals surface area contributed by atoms with E-state index in [2.05, 4.69) is 37.8 Å². The minimum Gasteiger partial charge on any atom is -0.444 e. The van der Waals surface area contributed by atoms with Crippen LogP contribution in [-0.2, 0) is 4.74 Å². The molecule has 0 unspecified atom stereocenters. The number of amides is 1. The van der Waals surface area contributed by atoms with Crippen molar-refractivity contribution in [2.75, 3.05) is 17.2 Å². The Bertz CT molecular complexity index is 1110. The monoisotopic (exact) mass is 480 g/mol. The average molecular weight is 481 g/mol. The number of unbranched alkanes of at least 4 members (excludes halogenated alkanes) is 1. The summed E-state index contributed by atoms with van der Waals surface area (Å²) >= 11 is 0. The van der Waals surface area contributed by atoms with Crippen molar-refractivity contribution in [3.05, 3.63) is 30.7 Å². The molecule has 1 aliphatic rings. The molecule has 0 saturated heterocycles. The van der Waals surface area contributed by atoms with Crippen molar-refractivity contribution in [2.45, 2.75) is 83.9 Å². The third-order valence-corrected chi connectivity index (χ3v) is 5.92. The quantitative estimate of drug-likeness (QED) is 0.399. The van der Waals surface area contributed by atoms with Crippen molar-refractivity contribution in [2.24, 2.45) is 0 Å². The average Bonchev–Trinajstić information content (AvgIpc) is 3.23. The largest absolute Gasteiger partial charge is 0.444 e. The summed E-state index contributed by atoms with van der Waals surface area (Å²) in [7, 11) is 0. The van der Waals surface area contributed by atoms with Crippen LogP contribution in [0.1, 0.15) is 66.2 Å². The number of carbonyl (C=O) groups is 1. The second-order valence-corrected chi connectivity index (χ2v) is 10.0. The number of aromatic nitrogens is 5. The lowest BCUT2D eigenvalue weighted by Crippen LogP contribution is -2.42. The summed E-state index contributed by atoms with van der Waals surface area (Å²) in [4.78, 5) is 25.4. The maximum Gasteiger partial charge on any atom is 0.407 e. The predicted molar refractivity (Wildman–Crippen MR) is 136 cm³/mol. The van der Waals surface area contributed by atoms with Crippen molar-refractivity contribution < 1.29 is 9.53 Å². The van der Waals surface area contributed by atoms with E-state index in [4.69, 9.17) is 9.84 Å². The molecule has 3 heterocycles. The Kier molecular flexibility index (Phi) is 7.67. The Hall–Kier alpha value is -3.43. The molecule has 3 aromatic rings. The highest BCUT2D eigenvalue weighted by Gasteiger charge is 2.25. The van der Waals surface area contributed by atoms with Crippen LogP contribution in [-0.4, -0.2) is 54.9 Å². The number of hydrogen-bond donors (Lipinski definition) is 3. The van der Waals surface area contributed by atoms with Gasteiger partial charge in [-0.15, -0.1) is 5.10 Å². The van der Waals surface area contributed by atoms with Gasteiger partial charge in [-0.25, -0.2) is 24.3 Å². The smallest absolute Gasteiger partial charge is 0.407 e. The second-order valence-electron chi connectivity index (χ2n) is 10.0. The molecule has 35 heavy (non-hydrogen) atoms. The SMILES string of the molecule is CCCCNc1ncc(-c2cnc3ccc(NC4CCC(NC(=O)OC(C)(C)C)CC4)nn23)cn1. The van der Waals surface area contributed by atoms with E-state index in [9.17, 15) is 4.79 Å². The Morgan fingerprint density at radius 3 is 2.46 bits per heavy atom. The Balaban J connectivity index is 1.36. The highest BCUT2D eigenvalue weighted by atomic mass is 16.6. The minimum absolute atomic E-state index is 0.137. The summed E-state index contributed by atoms with van der Waals surface area (Å²) in [5.41, 5.74) is 1.98. The van der Waals surface area contributed by atoms with Gasteiger partial charge in [0.1, 0.15) is 11.4 Å². The van der Waals surface area contributed by atoms with Crippen LogP contribution in [0.25, 0.3) is 16.9 Å². The molecular weight excluding hydrogens is 444 g/mol. The van der Waals surface area contributed by atoms with Gasteiger partial charge in [-0.2, -0.15) is 0 Å². The molecule has 3 aromatic heterocycles. The number of hydrogen-bond acceptors (Lipinski definition) is 8. The number of nitrogens with one attached hydrogen (secondary N) is 3. The normalized spacial score (nSPS) is 18.3. The number of alkyl carbamates (subject to hydrolysis) is 1. The Morgan fingerprint density at radius 2 is 1.77 bits per heavy atom. The maximum atomic E-state index is 12.0. The van der Waals surface area contributed by atoms with Gasteiger partial charge in [0.05, 0.1) is 11.9 Å². The van der Waals surface area contributed by atoms with Crippen LogP contribution >= 0.6 is 0 Å². The van der Waals surface area contributed by atoms with E-state index in [0.29, 0.717) is 12.0 Å². The minimum atomic E-state index is -0.487. The topological polar surface area (TPSA) is 118 Å². The van der Waals surface area contributed by atoms with Gasteiger partial charge in [-0.1, -0.05) is 13.3 Å². The predicted octanol–water partition coefficient (Wildman–Crippen LogP) is 4.65. The summed E-state index contributed by atoms with van der Waals surface area (Å²) in [6.45, 7) is 8.63. The van der Waals surface area contributed by atoms with E-state index in [1.54, 1.807) is 18.6 Å². The van der Waals surface area contributed by atoms with Crippen LogP contribution in [0.5, 0.6) is 0 Å². The number of carbonyl (C=O) groups excluding carboxylic acids is 1. The van der Waals surface area contributed by atoms with Crippen LogP contribution in [0.2, 0.25) is 0 Å². The molecule has 1 aliphatic carbocycles. The zero-order valence-corrected chi connectivity index (χ0v) is 21.0. The molecule has 10 heteroatoms. The molecule has 0 spiro atoms. The Morgan fingerprint density at radius 1 is 1.06 bits per heavy atom. The molecule has 188 valence electrons. The molecule has 1 fully saturated rings. The first-order valence-electron chi connectivity index (χ1n) is 12.5. The van der Waals surface area contributed by atoms with E-state index in [1.165, 1.54) is 0 Å². The lowest BCUT2D eigenvalue weighted by molar-refractivity contribution is 0.0492. The van der Waals surface area contributed by atoms with Gasteiger partial charge in [-0.3, -0.25) is 0 Å². The van der Waals surface area contributed by atoms with Crippen LogP contribution in [0, 0.1) is 0 Å². The summed E-state index contributed by atoms with van der Waals surface area (Å²) in [6, 6.07) is 4.34. The van der Waals surface area contributed by atoms with Gasteiger partial charge in [0, 0.05) is 36.6 Å². The van der Waals surface area contributed by atoms with Crippen molar-refractivity contribution in [1.82, 2.24) is 29.9 Å². The Labute approximate surface area is 206 Å². The molecule has 1 saturated carbocycles. The molecule has 0 aliphatic heterocycles.